The van der Waals surface area contributed by atoms with Crippen molar-refractivity contribution in [3.05, 3.63) is 88.0 Å². The molecule has 2 aromatic carbocycles. The number of nitro benzene ring substituents is 1. The van der Waals surface area contributed by atoms with Crippen molar-refractivity contribution in [1.29, 1.82) is 0 Å². The molecule has 3 rings (SSSR count). The summed E-state index contributed by atoms with van der Waals surface area (Å²) >= 11 is 0. The first-order valence-corrected chi connectivity index (χ1v) is 8.11. The van der Waals surface area contributed by atoms with Crippen molar-refractivity contribution in [1.82, 2.24) is 14.8 Å². The number of rotatable bonds is 7. The third-order valence-electron chi connectivity index (χ3n) is 3.79. The number of carbonyl (C=O) groups excluding carboxylic acids is 1. The molecule has 0 saturated carbocycles. The highest BCUT2D eigenvalue weighted by Gasteiger charge is 2.16. The third kappa shape index (κ3) is 4.33. The number of hydrogen-bond donors (Lipinski definition) is 0. The molecule has 9 nitrogen and oxygen atoms in total. The smallest absolute Gasteiger partial charge is 0.269 e. The van der Waals surface area contributed by atoms with Gasteiger partial charge >= 0.3 is 0 Å². The lowest BCUT2D eigenvalue weighted by Gasteiger charge is -2.07. The Morgan fingerprint density at radius 2 is 1.82 bits per heavy atom. The van der Waals surface area contributed by atoms with Crippen molar-refractivity contribution in [2.75, 3.05) is 7.11 Å². The van der Waals surface area contributed by atoms with Gasteiger partial charge < -0.3 is 4.84 Å². The first kappa shape index (κ1) is 18.6. The summed E-state index contributed by atoms with van der Waals surface area (Å²) < 4.78 is 1.35. The summed E-state index contributed by atoms with van der Waals surface area (Å²) in [6.07, 6.45) is 5.96. The molecule has 0 aliphatic heterocycles. The summed E-state index contributed by atoms with van der Waals surface area (Å²) in [7, 11) is 1.46. The van der Waals surface area contributed by atoms with Gasteiger partial charge in [0.15, 0.2) is 0 Å². The number of oxime groups is 1. The fourth-order valence-corrected chi connectivity index (χ4v) is 2.40. The third-order valence-corrected chi connectivity index (χ3v) is 3.79. The van der Waals surface area contributed by atoms with Crippen LogP contribution in [0.25, 0.3) is 11.8 Å². The molecular formula is C19H15N5O4. The molecular weight excluding hydrogens is 362 g/mol. The van der Waals surface area contributed by atoms with E-state index >= 15 is 0 Å². The average molecular weight is 377 g/mol. The Morgan fingerprint density at radius 3 is 2.39 bits per heavy atom. The number of benzene rings is 2. The number of non-ortho nitro benzene ring substituents is 1. The van der Waals surface area contributed by atoms with Crippen LogP contribution in [-0.2, 0) is 4.84 Å². The van der Waals surface area contributed by atoms with Gasteiger partial charge in [-0.1, -0.05) is 29.4 Å². The van der Waals surface area contributed by atoms with Crippen molar-refractivity contribution >= 4 is 29.5 Å². The Balaban J connectivity index is 1.95. The molecule has 0 bridgehead atoms. The quantitative estimate of drug-likeness (QED) is 0.206. The highest BCUT2D eigenvalue weighted by molar-refractivity contribution is 6.27. The molecule has 0 N–H and O–H groups in total. The lowest BCUT2D eigenvalue weighted by molar-refractivity contribution is -0.384. The summed E-state index contributed by atoms with van der Waals surface area (Å²) in [5.41, 5.74) is 2.07. The second-order valence-electron chi connectivity index (χ2n) is 5.59. The number of nitrogens with zero attached hydrogens (tertiary/aromatic N) is 5. The Hall–Kier alpha value is -4.14. The zero-order chi connectivity index (χ0) is 19.9. The second-order valence-corrected chi connectivity index (χ2v) is 5.59. The number of Topliss-reactive ketones (excluding diaryl/α,β-unsaturated/α-hetero) is 1. The van der Waals surface area contributed by atoms with E-state index in [1.165, 1.54) is 48.7 Å². The van der Waals surface area contributed by atoms with Gasteiger partial charge in [-0.2, -0.15) is 5.10 Å². The fourth-order valence-electron chi connectivity index (χ4n) is 2.40. The van der Waals surface area contributed by atoms with E-state index in [9.17, 15) is 14.9 Å². The lowest BCUT2D eigenvalue weighted by Crippen LogP contribution is -2.10. The normalized spacial score (nSPS) is 11.5. The van der Waals surface area contributed by atoms with Gasteiger partial charge in [0.25, 0.3) is 5.69 Å². The van der Waals surface area contributed by atoms with Gasteiger partial charge in [-0.3, -0.25) is 14.9 Å². The van der Waals surface area contributed by atoms with Crippen molar-refractivity contribution in [2.45, 2.75) is 0 Å². The van der Waals surface area contributed by atoms with Gasteiger partial charge in [-0.25, -0.2) is 9.67 Å². The first-order chi connectivity index (χ1) is 13.6. The Bertz CT molecular complexity index is 1020. The van der Waals surface area contributed by atoms with E-state index in [0.29, 0.717) is 5.56 Å². The molecule has 0 spiro atoms. The van der Waals surface area contributed by atoms with Gasteiger partial charge in [-0.15, -0.1) is 0 Å². The van der Waals surface area contributed by atoms with Crippen molar-refractivity contribution in [3.8, 4) is 0 Å². The highest BCUT2D eigenvalue weighted by Crippen LogP contribution is 2.19. The number of nitro groups is 1. The van der Waals surface area contributed by atoms with E-state index in [1.807, 2.05) is 24.3 Å². The molecule has 0 saturated heterocycles. The molecule has 1 heterocycles. The van der Waals surface area contributed by atoms with E-state index in [4.69, 9.17) is 0 Å². The van der Waals surface area contributed by atoms with Gasteiger partial charge in [0.2, 0.25) is 5.78 Å². The van der Waals surface area contributed by atoms with Crippen LogP contribution >= 0.6 is 0 Å². The molecule has 0 radical (unpaired) electrons. The van der Waals surface area contributed by atoms with Crippen LogP contribution in [0.3, 0.4) is 0 Å². The first-order valence-electron chi connectivity index (χ1n) is 8.11. The van der Waals surface area contributed by atoms with E-state index in [1.54, 1.807) is 12.3 Å². The minimum Gasteiger partial charge on any atom is -0.399 e. The molecule has 28 heavy (non-hydrogen) atoms. The van der Waals surface area contributed by atoms with Gasteiger partial charge in [0.05, 0.1) is 11.1 Å². The summed E-state index contributed by atoms with van der Waals surface area (Å²) in [6, 6.07) is 12.7. The maximum Gasteiger partial charge on any atom is 0.269 e. The fraction of sp³-hybridized carbons (Fsp3) is 0.0526. The number of allylic oxidation sites excluding steroid dienone is 1. The number of ketones is 1. The van der Waals surface area contributed by atoms with Crippen molar-refractivity contribution < 1.29 is 14.6 Å². The standard InChI is InChI=1S/C19H15N5O4/c1-28-22-11-15-4-2-14(3-5-15)10-18(23-13-20-12-21-23)19(25)16-6-8-17(9-7-16)24(26)27/h2-13H,1H3/b18-10+,22-11+. The van der Waals surface area contributed by atoms with Gasteiger partial charge in [0, 0.05) is 17.7 Å². The molecule has 0 aliphatic rings. The number of hydrogen-bond acceptors (Lipinski definition) is 7. The van der Waals surface area contributed by atoms with Crippen LogP contribution in [0.2, 0.25) is 0 Å². The van der Waals surface area contributed by atoms with Gasteiger partial charge in [-0.05, 0) is 29.3 Å². The van der Waals surface area contributed by atoms with Crippen LogP contribution in [-0.4, -0.2) is 38.8 Å². The Morgan fingerprint density at radius 1 is 1.14 bits per heavy atom. The molecule has 0 amide bonds. The predicted octanol–water partition coefficient (Wildman–Crippen LogP) is 3.05. The molecule has 0 atom stereocenters. The molecule has 0 unspecified atom stereocenters. The van der Waals surface area contributed by atoms with Crippen LogP contribution in [0.5, 0.6) is 0 Å². The Labute approximate surface area is 159 Å². The van der Waals surface area contributed by atoms with Crippen LogP contribution in [0.15, 0.2) is 66.3 Å². The lowest BCUT2D eigenvalue weighted by atomic mass is 10.0. The number of carbonyl (C=O) groups is 1. The monoisotopic (exact) mass is 377 g/mol. The molecule has 1 aromatic heterocycles. The van der Waals surface area contributed by atoms with E-state index in [-0.39, 0.29) is 17.2 Å². The molecule has 3 aromatic rings. The van der Waals surface area contributed by atoms with Crippen LogP contribution in [0, 0.1) is 10.1 Å². The molecule has 140 valence electrons. The summed E-state index contributed by atoms with van der Waals surface area (Å²) in [4.78, 5) is 31.8. The van der Waals surface area contributed by atoms with Crippen LogP contribution in [0.1, 0.15) is 21.5 Å². The maximum atomic E-state index is 13.0. The minimum atomic E-state index is -0.517. The maximum absolute atomic E-state index is 13.0. The van der Waals surface area contributed by atoms with Gasteiger partial charge in [0.1, 0.15) is 25.5 Å². The Kier molecular flexibility index (Phi) is 5.66. The zero-order valence-electron chi connectivity index (χ0n) is 14.8. The minimum absolute atomic E-state index is 0.0869. The second kappa shape index (κ2) is 8.49. The van der Waals surface area contributed by atoms with E-state index < -0.39 is 4.92 Å². The molecule has 0 aliphatic carbocycles. The summed E-state index contributed by atoms with van der Waals surface area (Å²) in [6.45, 7) is 0. The van der Waals surface area contributed by atoms with Crippen LogP contribution in [0.4, 0.5) is 5.69 Å². The largest absolute Gasteiger partial charge is 0.399 e. The number of aromatic nitrogens is 3. The summed E-state index contributed by atoms with van der Waals surface area (Å²) in [5, 5.41) is 18.5. The summed E-state index contributed by atoms with van der Waals surface area (Å²) in [5.74, 6) is -0.342. The SMILES string of the molecule is CO/N=C/c1ccc(/C=C(\C(=O)c2ccc([N+](=O)[O-])cc2)n2cncn2)cc1. The topological polar surface area (TPSA) is 113 Å². The zero-order valence-corrected chi connectivity index (χ0v) is 14.8. The van der Waals surface area contributed by atoms with Crippen molar-refractivity contribution in [3.63, 3.8) is 0 Å². The van der Waals surface area contributed by atoms with E-state index in [0.717, 1.165) is 11.1 Å². The van der Waals surface area contributed by atoms with E-state index in [2.05, 4.69) is 20.1 Å². The average Bonchev–Trinajstić information content (AvgIpc) is 3.25. The highest BCUT2D eigenvalue weighted by atomic mass is 16.6. The van der Waals surface area contributed by atoms with Crippen LogP contribution < -0.4 is 0 Å². The predicted molar refractivity (Wildman–Crippen MR) is 103 cm³/mol. The molecule has 9 heteroatoms. The van der Waals surface area contributed by atoms with Crippen molar-refractivity contribution in [2.24, 2.45) is 5.16 Å². The molecule has 0 fully saturated rings.